The minimum atomic E-state index is -0.0775. The number of methoxy groups -OCH3 is 1. The molecule has 0 bridgehead atoms. The Balaban J connectivity index is 1.89. The fourth-order valence-electron chi connectivity index (χ4n) is 2.42. The average molecular weight is 292 g/mol. The number of amides is 1. The van der Waals surface area contributed by atoms with E-state index in [2.05, 4.69) is 24.1 Å². The number of nitrogens with zero attached hydrogens (tertiary/aromatic N) is 1. The number of carbonyl (C=O) groups excluding carboxylic acids is 1. The van der Waals surface area contributed by atoms with E-state index in [4.69, 9.17) is 9.47 Å². The number of hydrogen-bond donors (Lipinski definition) is 1. The molecule has 2 rings (SSSR count). The fourth-order valence-corrected chi connectivity index (χ4v) is 2.42. The number of hydrogen-bond acceptors (Lipinski definition) is 4. The minimum Gasteiger partial charge on any atom is -0.497 e. The van der Waals surface area contributed by atoms with Gasteiger partial charge in [0.2, 0.25) is 0 Å². The molecule has 0 aliphatic carbocycles. The molecule has 1 aromatic rings. The van der Waals surface area contributed by atoms with Crippen molar-refractivity contribution in [3.05, 3.63) is 29.8 Å². The maximum absolute atomic E-state index is 12.2. The lowest BCUT2D eigenvalue weighted by atomic mass is 10.0. The average Bonchev–Trinajstić information content (AvgIpc) is 2.53. The zero-order chi connectivity index (χ0) is 15.3. The number of morpholine rings is 1. The van der Waals surface area contributed by atoms with Gasteiger partial charge in [-0.1, -0.05) is 0 Å². The van der Waals surface area contributed by atoms with Gasteiger partial charge in [-0.25, -0.2) is 0 Å². The highest BCUT2D eigenvalue weighted by Crippen LogP contribution is 2.16. The highest BCUT2D eigenvalue weighted by molar-refractivity contribution is 5.94. The van der Waals surface area contributed by atoms with Crippen LogP contribution in [-0.2, 0) is 4.74 Å². The van der Waals surface area contributed by atoms with Crippen molar-refractivity contribution in [2.75, 3.05) is 40.0 Å². The first-order chi connectivity index (χ1) is 10.0. The van der Waals surface area contributed by atoms with Crippen molar-refractivity contribution < 1.29 is 14.3 Å². The Bertz CT molecular complexity index is 465. The van der Waals surface area contributed by atoms with Gasteiger partial charge in [-0.05, 0) is 38.1 Å². The number of rotatable bonds is 5. The zero-order valence-electron chi connectivity index (χ0n) is 13.0. The predicted octanol–water partition coefficient (Wildman–Crippen LogP) is 1.54. The lowest BCUT2D eigenvalue weighted by Gasteiger charge is -2.40. The van der Waals surface area contributed by atoms with E-state index in [0.29, 0.717) is 12.1 Å². The number of carbonyl (C=O) groups is 1. The first kappa shape index (κ1) is 15.8. The summed E-state index contributed by atoms with van der Waals surface area (Å²) in [5, 5.41) is 3.01. The first-order valence-electron chi connectivity index (χ1n) is 7.28. The Labute approximate surface area is 126 Å². The van der Waals surface area contributed by atoms with Crippen molar-refractivity contribution >= 4 is 5.91 Å². The van der Waals surface area contributed by atoms with Gasteiger partial charge in [0.15, 0.2) is 0 Å². The molecule has 1 amide bonds. The molecule has 1 N–H and O–H groups in total. The fraction of sp³-hybridized carbons (Fsp3) is 0.562. The van der Waals surface area contributed by atoms with Crippen LogP contribution in [0.5, 0.6) is 5.75 Å². The first-order valence-corrected chi connectivity index (χ1v) is 7.28. The Kier molecular flexibility index (Phi) is 5.20. The topological polar surface area (TPSA) is 50.8 Å². The molecule has 1 aromatic carbocycles. The van der Waals surface area contributed by atoms with Crippen LogP contribution in [0.4, 0.5) is 0 Å². The van der Waals surface area contributed by atoms with E-state index in [9.17, 15) is 4.79 Å². The van der Waals surface area contributed by atoms with Crippen LogP contribution in [0.15, 0.2) is 24.3 Å². The monoisotopic (exact) mass is 292 g/mol. The van der Waals surface area contributed by atoms with Gasteiger partial charge in [-0.2, -0.15) is 0 Å². The second kappa shape index (κ2) is 6.91. The van der Waals surface area contributed by atoms with Gasteiger partial charge in [-0.15, -0.1) is 0 Å². The summed E-state index contributed by atoms with van der Waals surface area (Å²) in [6.07, 6.45) is 0. The zero-order valence-corrected chi connectivity index (χ0v) is 13.0. The summed E-state index contributed by atoms with van der Waals surface area (Å²) in [6.45, 7) is 8.24. The molecule has 116 valence electrons. The number of benzene rings is 1. The highest BCUT2D eigenvalue weighted by Gasteiger charge is 2.28. The molecule has 5 nitrogen and oxygen atoms in total. The van der Waals surface area contributed by atoms with E-state index in [1.54, 1.807) is 31.4 Å². The van der Waals surface area contributed by atoms with Crippen LogP contribution >= 0.6 is 0 Å². The Morgan fingerprint density at radius 3 is 2.48 bits per heavy atom. The van der Waals surface area contributed by atoms with Crippen LogP contribution in [0.1, 0.15) is 24.2 Å². The molecule has 5 heteroatoms. The van der Waals surface area contributed by atoms with Crippen LogP contribution in [0.25, 0.3) is 0 Å². The predicted molar refractivity (Wildman–Crippen MR) is 81.8 cm³/mol. The second-order valence-corrected chi connectivity index (χ2v) is 5.82. The third-order valence-electron chi connectivity index (χ3n) is 3.90. The summed E-state index contributed by atoms with van der Waals surface area (Å²) in [5.41, 5.74) is 0.569. The molecule has 0 spiro atoms. The van der Waals surface area contributed by atoms with E-state index in [1.807, 2.05) is 0 Å². The maximum atomic E-state index is 12.2. The van der Waals surface area contributed by atoms with Gasteiger partial charge in [0, 0.05) is 30.7 Å². The molecule has 1 heterocycles. The van der Waals surface area contributed by atoms with Gasteiger partial charge in [0.1, 0.15) is 5.75 Å². The molecule has 21 heavy (non-hydrogen) atoms. The molecule has 1 aliphatic rings. The third kappa shape index (κ3) is 4.19. The molecule has 1 fully saturated rings. The van der Waals surface area contributed by atoms with Crippen molar-refractivity contribution in [3.8, 4) is 5.75 Å². The quantitative estimate of drug-likeness (QED) is 0.894. The molecule has 0 unspecified atom stereocenters. The van der Waals surface area contributed by atoms with Crippen molar-refractivity contribution in [1.29, 1.82) is 0 Å². The van der Waals surface area contributed by atoms with E-state index in [1.165, 1.54) is 0 Å². The van der Waals surface area contributed by atoms with Crippen molar-refractivity contribution in [2.24, 2.45) is 0 Å². The molecule has 0 atom stereocenters. The van der Waals surface area contributed by atoms with Crippen LogP contribution in [-0.4, -0.2) is 56.3 Å². The van der Waals surface area contributed by atoms with E-state index in [-0.39, 0.29) is 11.4 Å². The number of ether oxygens (including phenoxy) is 2. The smallest absolute Gasteiger partial charge is 0.251 e. The maximum Gasteiger partial charge on any atom is 0.251 e. The summed E-state index contributed by atoms with van der Waals surface area (Å²) in [7, 11) is 1.61. The normalized spacial score (nSPS) is 16.5. The molecule has 0 radical (unpaired) electrons. The highest BCUT2D eigenvalue weighted by atomic mass is 16.5. The Morgan fingerprint density at radius 2 is 1.90 bits per heavy atom. The summed E-state index contributed by atoms with van der Waals surface area (Å²) < 4.78 is 10.5. The molecule has 1 saturated heterocycles. The van der Waals surface area contributed by atoms with Gasteiger partial charge >= 0.3 is 0 Å². The van der Waals surface area contributed by atoms with Gasteiger partial charge in [-0.3, -0.25) is 9.69 Å². The van der Waals surface area contributed by atoms with Crippen molar-refractivity contribution in [1.82, 2.24) is 10.2 Å². The van der Waals surface area contributed by atoms with Crippen molar-refractivity contribution in [2.45, 2.75) is 19.4 Å². The van der Waals surface area contributed by atoms with Crippen LogP contribution < -0.4 is 10.1 Å². The summed E-state index contributed by atoms with van der Waals surface area (Å²) in [5.74, 6) is 0.694. The largest absolute Gasteiger partial charge is 0.497 e. The SMILES string of the molecule is COc1ccc(C(=O)NCC(C)(C)N2CCOCC2)cc1. The Morgan fingerprint density at radius 1 is 1.29 bits per heavy atom. The van der Waals surface area contributed by atoms with Crippen LogP contribution in [0.3, 0.4) is 0 Å². The lowest BCUT2D eigenvalue weighted by Crippen LogP contribution is -2.55. The second-order valence-electron chi connectivity index (χ2n) is 5.82. The van der Waals surface area contributed by atoms with Gasteiger partial charge in [0.25, 0.3) is 5.91 Å². The lowest BCUT2D eigenvalue weighted by molar-refractivity contribution is -0.00923. The third-order valence-corrected chi connectivity index (χ3v) is 3.90. The summed E-state index contributed by atoms with van der Waals surface area (Å²) in [4.78, 5) is 14.5. The molecule has 1 aliphatic heterocycles. The van der Waals surface area contributed by atoms with Gasteiger partial charge in [0.05, 0.1) is 20.3 Å². The molecular weight excluding hydrogens is 268 g/mol. The standard InChI is InChI=1S/C16H24N2O3/c1-16(2,18-8-10-21-11-9-18)12-17-15(19)13-4-6-14(20-3)7-5-13/h4-7H,8-12H2,1-3H3,(H,17,19). The number of nitrogens with one attached hydrogen (secondary N) is 1. The summed E-state index contributed by atoms with van der Waals surface area (Å²) >= 11 is 0. The molecule has 0 aromatic heterocycles. The van der Waals surface area contributed by atoms with E-state index >= 15 is 0 Å². The van der Waals surface area contributed by atoms with E-state index in [0.717, 1.165) is 32.1 Å². The van der Waals surface area contributed by atoms with Crippen molar-refractivity contribution in [3.63, 3.8) is 0 Å². The van der Waals surface area contributed by atoms with Crippen LogP contribution in [0, 0.1) is 0 Å². The van der Waals surface area contributed by atoms with Crippen LogP contribution in [0.2, 0.25) is 0 Å². The minimum absolute atomic E-state index is 0.0565. The Hall–Kier alpha value is -1.59. The molecule has 0 saturated carbocycles. The molecular formula is C16H24N2O3. The van der Waals surface area contributed by atoms with E-state index < -0.39 is 0 Å². The summed E-state index contributed by atoms with van der Waals surface area (Å²) in [6, 6.07) is 7.13. The van der Waals surface area contributed by atoms with Gasteiger partial charge < -0.3 is 14.8 Å².